The summed E-state index contributed by atoms with van der Waals surface area (Å²) in [6.45, 7) is 0. The van der Waals surface area contributed by atoms with E-state index in [-0.39, 0.29) is 5.28 Å². The molecule has 0 bridgehead atoms. The molecule has 304 valence electrons. The van der Waals surface area contributed by atoms with Crippen LogP contribution in [0.1, 0.15) is 0 Å². The van der Waals surface area contributed by atoms with Gasteiger partial charge in [-0.05, 0) is 79.3 Å². The summed E-state index contributed by atoms with van der Waals surface area (Å²) in [7, 11) is 0. The number of para-hydroxylation sites is 1. The molecule has 65 heavy (non-hydrogen) atoms. The molecule has 0 aliphatic rings. The van der Waals surface area contributed by atoms with Gasteiger partial charge in [0.2, 0.25) is 5.28 Å². The molecule has 5 nitrogen and oxygen atoms in total. The van der Waals surface area contributed by atoms with Crippen LogP contribution in [0.3, 0.4) is 0 Å². The summed E-state index contributed by atoms with van der Waals surface area (Å²) in [5.41, 5.74) is 14.6. The van der Waals surface area contributed by atoms with Gasteiger partial charge in [0.15, 0.2) is 11.6 Å². The van der Waals surface area contributed by atoms with E-state index in [0.717, 1.165) is 99.4 Å². The summed E-state index contributed by atoms with van der Waals surface area (Å²) in [5, 5.41) is 9.45. The number of hydrogen-bond donors (Lipinski definition) is 1. The van der Waals surface area contributed by atoms with Crippen LogP contribution in [0, 0.1) is 0 Å². The third kappa shape index (κ3) is 6.20. The Morgan fingerprint density at radius 1 is 0.354 bits per heavy atom. The molecule has 0 saturated heterocycles. The Hall–Kier alpha value is -8.38. The van der Waals surface area contributed by atoms with Crippen LogP contribution < -0.4 is 0 Å². The van der Waals surface area contributed by atoms with Crippen molar-refractivity contribution in [2.24, 2.45) is 0 Å². The van der Waals surface area contributed by atoms with Crippen LogP contribution in [0.4, 0.5) is 0 Å². The molecule has 6 heteroatoms. The Labute approximate surface area is 378 Å². The molecule has 0 atom stereocenters. The van der Waals surface area contributed by atoms with Gasteiger partial charge in [0, 0.05) is 49.2 Å². The van der Waals surface area contributed by atoms with Crippen molar-refractivity contribution in [2.45, 2.75) is 0 Å². The van der Waals surface area contributed by atoms with Gasteiger partial charge in [-0.2, -0.15) is 9.97 Å². The number of aromatic nitrogens is 4. The summed E-state index contributed by atoms with van der Waals surface area (Å²) in [6.07, 6.45) is 0. The number of nitrogens with one attached hydrogen (secondary N) is 1. The van der Waals surface area contributed by atoms with Crippen LogP contribution >= 0.6 is 11.6 Å². The number of halogens is 1. The first-order chi connectivity index (χ1) is 32.1. The Balaban J connectivity index is 0.888. The number of aromatic amines is 1. The molecular weight excluding hydrogens is 816 g/mol. The van der Waals surface area contributed by atoms with E-state index in [9.17, 15) is 0 Å². The van der Waals surface area contributed by atoms with Gasteiger partial charge in [-0.15, -0.1) is 0 Å². The summed E-state index contributed by atoms with van der Waals surface area (Å²) in [6, 6.07) is 72.5. The number of nitrogens with zero attached hydrogens (tertiary/aromatic N) is 3. The molecule has 0 aliphatic heterocycles. The van der Waals surface area contributed by atoms with Gasteiger partial charge in [-0.3, -0.25) is 0 Å². The van der Waals surface area contributed by atoms with E-state index in [2.05, 4.69) is 191 Å². The van der Waals surface area contributed by atoms with E-state index in [1.807, 2.05) is 30.3 Å². The second-order valence-electron chi connectivity index (χ2n) is 16.5. The number of H-pyrrole nitrogens is 1. The lowest BCUT2D eigenvalue weighted by Gasteiger charge is -2.12. The van der Waals surface area contributed by atoms with Crippen molar-refractivity contribution in [2.75, 3.05) is 0 Å². The van der Waals surface area contributed by atoms with Crippen LogP contribution in [-0.2, 0) is 0 Å². The lowest BCUT2D eigenvalue weighted by molar-refractivity contribution is 0.670. The van der Waals surface area contributed by atoms with Crippen LogP contribution in [-0.4, -0.2) is 19.9 Å². The SMILES string of the molecule is Clc1nc(-c2ccc(-c3ccccc3)cc2)nc(-c2ccc(-c3ccccc3-c3ccc4oc5c(-c6cccc7c6[nH]c6c8ccccc8ccc76)c6ccccc6cc5c4c3)cc2)n1. The molecule has 13 aromatic rings. The van der Waals surface area contributed by atoms with Crippen LogP contribution in [0.15, 0.2) is 211 Å². The normalized spacial score (nSPS) is 11.8. The molecule has 3 heterocycles. The molecule has 1 N–H and O–H groups in total. The molecule has 0 aliphatic carbocycles. The van der Waals surface area contributed by atoms with Crippen molar-refractivity contribution in [1.82, 2.24) is 19.9 Å². The quantitative estimate of drug-likeness (QED) is 0.181. The van der Waals surface area contributed by atoms with Gasteiger partial charge in [0.05, 0.1) is 11.0 Å². The van der Waals surface area contributed by atoms with E-state index in [4.69, 9.17) is 21.0 Å². The van der Waals surface area contributed by atoms with Crippen molar-refractivity contribution in [3.63, 3.8) is 0 Å². The Kier molecular flexibility index (Phi) is 8.51. The third-order valence-electron chi connectivity index (χ3n) is 12.8. The Morgan fingerprint density at radius 3 is 1.69 bits per heavy atom. The Bertz CT molecular complexity index is 4000. The highest BCUT2D eigenvalue weighted by Crippen LogP contribution is 2.46. The average molecular weight is 851 g/mol. The van der Waals surface area contributed by atoms with E-state index in [1.165, 1.54) is 21.5 Å². The molecular formula is C59H35ClN4O. The summed E-state index contributed by atoms with van der Waals surface area (Å²) in [4.78, 5) is 17.7. The maximum atomic E-state index is 6.93. The van der Waals surface area contributed by atoms with Crippen LogP contribution in [0.25, 0.3) is 133 Å². The predicted molar refractivity (Wildman–Crippen MR) is 269 cm³/mol. The first-order valence-electron chi connectivity index (χ1n) is 21.7. The Morgan fingerprint density at radius 2 is 0.923 bits per heavy atom. The molecule has 13 rings (SSSR count). The average Bonchev–Trinajstić information content (AvgIpc) is 3.94. The highest BCUT2D eigenvalue weighted by molar-refractivity contribution is 6.28. The molecule has 10 aromatic carbocycles. The smallest absolute Gasteiger partial charge is 0.226 e. The minimum Gasteiger partial charge on any atom is -0.455 e. The standard InChI is InChI=1S/C59H35ClN4O/c60-59-63-57(39-25-21-36(22-26-39)35-11-2-1-3-12-35)62-58(64-59)40-27-23-38(24-28-40)43-15-8-9-16-44(43)42-30-32-52-50(33-42)51-34-41-14-5-6-17-45(41)53(56(51)65-52)49-20-10-19-47-48-31-29-37-13-4-7-18-46(37)54(48)61-55(47)49/h1-34,61H. The molecule has 0 spiro atoms. The van der Waals surface area contributed by atoms with Crippen molar-refractivity contribution in [3.05, 3.63) is 212 Å². The van der Waals surface area contributed by atoms with E-state index < -0.39 is 0 Å². The van der Waals surface area contributed by atoms with Crippen molar-refractivity contribution in [3.8, 4) is 67.3 Å². The molecule has 0 fully saturated rings. The van der Waals surface area contributed by atoms with Crippen LogP contribution in [0.2, 0.25) is 5.28 Å². The first-order valence-corrected chi connectivity index (χ1v) is 22.1. The minimum absolute atomic E-state index is 0.150. The maximum absolute atomic E-state index is 6.93. The fourth-order valence-corrected chi connectivity index (χ4v) is 9.88. The summed E-state index contributed by atoms with van der Waals surface area (Å²) in [5.74, 6) is 1.05. The third-order valence-corrected chi connectivity index (χ3v) is 13.0. The minimum atomic E-state index is 0.150. The zero-order chi connectivity index (χ0) is 43.0. The predicted octanol–water partition coefficient (Wildman–Crippen LogP) is 16.4. The molecule has 3 aromatic heterocycles. The van der Waals surface area contributed by atoms with E-state index >= 15 is 0 Å². The first kappa shape index (κ1) is 37.2. The van der Waals surface area contributed by atoms with Crippen molar-refractivity contribution in [1.29, 1.82) is 0 Å². The molecule has 0 radical (unpaired) electrons. The molecule has 0 saturated carbocycles. The van der Waals surface area contributed by atoms with Gasteiger partial charge < -0.3 is 9.40 Å². The van der Waals surface area contributed by atoms with Gasteiger partial charge >= 0.3 is 0 Å². The van der Waals surface area contributed by atoms with Gasteiger partial charge in [0.25, 0.3) is 0 Å². The lowest BCUT2D eigenvalue weighted by Crippen LogP contribution is -1.97. The number of rotatable bonds is 6. The second-order valence-corrected chi connectivity index (χ2v) is 16.9. The summed E-state index contributed by atoms with van der Waals surface area (Å²) >= 11 is 6.52. The molecule has 0 amide bonds. The highest BCUT2D eigenvalue weighted by atomic mass is 35.5. The highest BCUT2D eigenvalue weighted by Gasteiger charge is 2.21. The van der Waals surface area contributed by atoms with Crippen molar-refractivity contribution >= 4 is 76.9 Å². The fourth-order valence-electron chi connectivity index (χ4n) is 9.72. The fraction of sp³-hybridized carbons (Fsp3) is 0. The van der Waals surface area contributed by atoms with Crippen molar-refractivity contribution < 1.29 is 4.42 Å². The topological polar surface area (TPSA) is 67.6 Å². The maximum Gasteiger partial charge on any atom is 0.226 e. The van der Waals surface area contributed by atoms with Gasteiger partial charge in [0.1, 0.15) is 11.2 Å². The van der Waals surface area contributed by atoms with Crippen LogP contribution in [0.5, 0.6) is 0 Å². The number of fused-ring (bicyclic) bond motifs is 9. The largest absolute Gasteiger partial charge is 0.455 e. The van der Waals surface area contributed by atoms with E-state index in [1.54, 1.807) is 0 Å². The number of benzene rings is 10. The second kappa shape index (κ2) is 14.9. The van der Waals surface area contributed by atoms with E-state index in [0.29, 0.717) is 11.6 Å². The summed E-state index contributed by atoms with van der Waals surface area (Å²) < 4.78 is 6.93. The van der Waals surface area contributed by atoms with Gasteiger partial charge in [-0.1, -0.05) is 188 Å². The van der Waals surface area contributed by atoms with Gasteiger partial charge in [-0.25, -0.2) is 4.98 Å². The molecule has 0 unspecified atom stereocenters. The number of furan rings is 1. The number of hydrogen-bond acceptors (Lipinski definition) is 4. The monoisotopic (exact) mass is 850 g/mol. The zero-order valence-corrected chi connectivity index (χ0v) is 35.5. The lowest BCUT2D eigenvalue weighted by atomic mass is 9.92. The zero-order valence-electron chi connectivity index (χ0n) is 34.8.